The summed E-state index contributed by atoms with van der Waals surface area (Å²) >= 11 is 1.62. The van der Waals surface area contributed by atoms with Crippen LogP contribution in [0.15, 0.2) is 16.8 Å². The quantitative estimate of drug-likeness (QED) is 0.782. The van der Waals surface area contributed by atoms with Gasteiger partial charge in [-0.15, -0.1) is 0 Å². The predicted octanol–water partition coefficient (Wildman–Crippen LogP) is 2.53. The van der Waals surface area contributed by atoms with Crippen molar-refractivity contribution in [2.24, 2.45) is 0 Å². The van der Waals surface area contributed by atoms with Crippen molar-refractivity contribution in [3.8, 4) is 0 Å². The van der Waals surface area contributed by atoms with Crippen LogP contribution >= 0.6 is 11.3 Å². The summed E-state index contributed by atoms with van der Waals surface area (Å²) in [5.41, 5.74) is 0.227. The van der Waals surface area contributed by atoms with Crippen LogP contribution in [0.2, 0.25) is 0 Å². The highest BCUT2D eigenvalue weighted by molar-refractivity contribution is 7.07. The second-order valence-electron chi connectivity index (χ2n) is 4.75. The molecule has 1 aromatic rings. The molecule has 1 aromatic heterocycles. The van der Waals surface area contributed by atoms with Gasteiger partial charge in [0.15, 0.2) is 0 Å². The van der Waals surface area contributed by atoms with E-state index in [4.69, 9.17) is 4.74 Å². The Kier molecular flexibility index (Phi) is 6.02. The number of ether oxygens (including phenoxy) is 1. The van der Waals surface area contributed by atoms with E-state index in [0.717, 1.165) is 12.0 Å². The lowest BCUT2D eigenvalue weighted by Crippen LogP contribution is -2.52. The van der Waals surface area contributed by atoms with Crippen LogP contribution in [0.1, 0.15) is 38.7 Å². The van der Waals surface area contributed by atoms with Crippen LogP contribution in [0.4, 0.5) is 0 Å². The molecule has 4 nitrogen and oxygen atoms in total. The van der Waals surface area contributed by atoms with E-state index in [-0.39, 0.29) is 5.91 Å². The highest BCUT2D eigenvalue weighted by Gasteiger charge is 2.34. The van der Waals surface area contributed by atoms with E-state index < -0.39 is 11.5 Å². The minimum absolute atomic E-state index is 0.118. The molecule has 1 atom stereocenters. The maximum absolute atomic E-state index is 11.9. The first-order chi connectivity index (χ1) is 9.01. The molecule has 1 rings (SSSR count). The smallest absolute Gasteiger partial charge is 0.331 e. The van der Waals surface area contributed by atoms with Gasteiger partial charge in [0.05, 0.1) is 7.11 Å². The van der Waals surface area contributed by atoms with Gasteiger partial charge in [-0.05, 0) is 42.2 Å². The van der Waals surface area contributed by atoms with Crippen LogP contribution in [-0.2, 0) is 20.7 Å². The van der Waals surface area contributed by atoms with Gasteiger partial charge in [0, 0.05) is 6.42 Å². The first-order valence-corrected chi connectivity index (χ1v) is 7.36. The lowest BCUT2D eigenvalue weighted by molar-refractivity contribution is -0.150. The number of hydrogen-bond acceptors (Lipinski definition) is 4. The number of carbonyl (C=O) groups excluding carboxylic acids is 2. The molecule has 0 saturated carbocycles. The van der Waals surface area contributed by atoms with Crippen molar-refractivity contribution in [1.29, 1.82) is 0 Å². The third-order valence-corrected chi connectivity index (χ3v) is 3.75. The average Bonchev–Trinajstić information content (AvgIpc) is 2.88. The van der Waals surface area contributed by atoms with Crippen LogP contribution in [-0.4, -0.2) is 24.5 Å². The number of esters is 1. The number of rotatable bonds is 7. The summed E-state index contributed by atoms with van der Waals surface area (Å²) in [6, 6.07) is 2.00. The number of carbonyl (C=O) groups is 2. The molecule has 1 N–H and O–H groups in total. The molecule has 0 aromatic carbocycles. The number of aryl methyl sites for hydroxylation is 1. The lowest BCUT2D eigenvalue weighted by atomic mass is 9.95. The topological polar surface area (TPSA) is 55.4 Å². The fraction of sp³-hybridized carbons (Fsp3) is 0.571. The zero-order chi connectivity index (χ0) is 14.3. The summed E-state index contributed by atoms with van der Waals surface area (Å²) in [6.45, 7) is 3.68. The average molecular weight is 283 g/mol. The zero-order valence-electron chi connectivity index (χ0n) is 11.7. The Morgan fingerprint density at radius 1 is 1.47 bits per heavy atom. The molecule has 0 aliphatic rings. The van der Waals surface area contributed by atoms with Crippen molar-refractivity contribution in [3.63, 3.8) is 0 Å². The van der Waals surface area contributed by atoms with E-state index in [1.54, 1.807) is 18.3 Å². The molecule has 0 fully saturated rings. The van der Waals surface area contributed by atoms with Gasteiger partial charge in [0.25, 0.3) is 0 Å². The fourth-order valence-electron chi connectivity index (χ4n) is 2.00. The molecular formula is C14H21NO3S. The maximum Gasteiger partial charge on any atom is 0.331 e. The Morgan fingerprint density at radius 3 is 2.74 bits per heavy atom. The number of amides is 1. The van der Waals surface area contributed by atoms with Crippen molar-refractivity contribution in [2.45, 2.75) is 45.1 Å². The second-order valence-corrected chi connectivity index (χ2v) is 5.53. The summed E-state index contributed by atoms with van der Waals surface area (Å²) in [4.78, 5) is 23.7. The molecule has 0 aliphatic heterocycles. The Morgan fingerprint density at radius 2 is 2.21 bits per heavy atom. The number of thiophene rings is 1. The van der Waals surface area contributed by atoms with Crippen molar-refractivity contribution in [3.05, 3.63) is 22.4 Å². The molecule has 0 spiro atoms. The molecule has 0 saturated heterocycles. The Hall–Kier alpha value is -1.36. The molecular weight excluding hydrogens is 262 g/mol. The van der Waals surface area contributed by atoms with Gasteiger partial charge in [-0.1, -0.05) is 13.3 Å². The SMILES string of the molecule is CCCC(C)(NC(=O)CCc1ccsc1)C(=O)OC. The third-order valence-electron chi connectivity index (χ3n) is 3.02. The van der Waals surface area contributed by atoms with Crippen LogP contribution in [0.5, 0.6) is 0 Å². The standard InChI is InChI=1S/C14H21NO3S/c1-4-8-14(2,13(17)18-3)15-12(16)6-5-11-7-9-19-10-11/h7,9-10H,4-6,8H2,1-3H3,(H,15,16). The van der Waals surface area contributed by atoms with Gasteiger partial charge in [-0.3, -0.25) is 4.79 Å². The van der Waals surface area contributed by atoms with E-state index in [1.165, 1.54) is 7.11 Å². The van der Waals surface area contributed by atoms with Crippen molar-refractivity contribution in [2.75, 3.05) is 7.11 Å². The van der Waals surface area contributed by atoms with Crippen molar-refractivity contribution in [1.82, 2.24) is 5.32 Å². The van der Waals surface area contributed by atoms with Gasteiger partial charge in [-0.2, -0.15) is 11.3 Å². The predicted molar refractivity (Wildman–Crippen MR) is 76.1 cm³/mol. The van der Waals surface area contributed by atoms with Crippen LogP contribution < -0.4 is 5.32 Å². The van der Waals surface area contributed by atoms with Gasteiger partial charge >= 0.3 is 5.97 Å². The summed E-state index contributed by atoms with van der Waals surface area (Å²) in [5, 5.41) is 6.81. The highest BCUT2D eigenvalue weighted by atomic mass is 32.1. The molecule has 19 heavy (non-hydrogen) atoms. The molecule has 0 bridgehead atoms. The Balaban J connectivity index is 2.53. The van der Waals surface area contributed by atoms with Gasteiger partial charge in [-0.25, -0.2) is 4.79 Å². The summed E-state index contributed by atoms with van der Waals surface area (Å²) in [7, 11) is 1.34. The summed E-state index contributed by atoms with van der Waals surface area (Å²) in [6.07, 6.45) is 2.45. The normalized spacial score (nSPS) is 13.6. The van der Waals surface area contributed by atoms with Crippen LogP contribution in [0.25, 0.3) is 0 Å². The molecule has 1 amide bonds. The second kappa shape index (κ2) is 7.28. The minimum Gasteiger partial charge on any atom is -0.467 e. The van der Waals surface area contributed by atoms with E-state index in [2.05, 4.69) is 5.32 Å². The van der Waals surface area contributed by atoms with E-state index in [1.807, 2.05) is 23.8 Å². The molecule has 106 valence electrons. The fourth-order valence-corrected chi connectivity index (χ4v) is 2.71. The zero-order valence-corrected chi connectivity index (χ0v) is 12.5. The highest BCUT2D eigenvalue weighted by Crippen LogP contribution is 2.15. The number of nitrogens with one attached hydrogen (secondary N) is 1. The van der Waals surface area contributed by atoms with E-state index in [9.17, 15) is 9.59 Å². The van der Waals surface area contributed by atoms with Crippen molar-refractivity contribution >= 4 is 23.2 Å². The van der Waals surface area contributed by atoms with Crippen LogP contribution in [0.3, 0.4) is 0 Å². The summed E-state index contributed by atoms with van der Waals surface area (Å²) < 4.78 is 4.77. The van der Waals surface area contributed by atoms with Crippen LogP contribution in [0, 0.1) is 0 Å². The largest absolute Gasteiger partial charge is 0.467 e. The maximum atomic E-state index is 11.9. The summed E-state index contributed by atoms with van der Waals surface area (Å²) in [5.74, 6) is -0.509. The molecule has 5 heteroatoms. The molecule has 1 unspecified atom stereocenters. The number of hydrogen-bond donors (Lipinski definition) is 1. The number of methoxy groups -OCH3 is 1. The Bertz CT molecular complexity index is 416. The Labute approximate surface area is 118 Å². The van der Waals surface area contributed by atoms with Gasteiger partial charge in [0.1, 0.15) is 5.54 Å². The minimum atomic E-state index is -0.921. The van der Waals surface area contributed by atoms with Gasteiger partial charge < -0.3 is 10.1 Å². The van der Waals surface area contributed by atoms with E-state index in [0.29, 0.717) is 19.3 Å². The first-order valence-electron chi connectivity index (χ1n) is 6.42. The first kappa shape index (κ1) is 15.7. The molecule has 0 aliphatic carbocycles. The lowest BCUT2D eigenvalue weighted by Gasteiger charge is -2.27. The molecule has 0 radical (unpaired) electrons. The van der Waals surface area contributed by atoms with Gasteiger partial charge in [0.2, 0.25) is 5.91 Å². The monoisotopic (exact) mass is 283 g/mol. The van der Waals surface area contributed by atoms with Crippen molar-refractivity contribution < 1.29 is 14.3 Å². The van der Waals surface area contributed by atoms with E-state index >= 15 is 0 Å². The molecule has 1 heterocycles. The third kappa shape index (κ3) is 4.67.